The van der Waals surface area contributed by atoms with Crippen LogP contribution < -0.4 is 25.4 Å². The van der Waals surface area contributed by atoms with E-state index in [1.807, 2.05) is 18.2 Å². The van der Waals surface area contributed by atoms with Gasteiger partial charge in [0.1, 0.15) is 0 Å². The smallest absolute Gasteiger partial charge is 0.338 e. The molecule has 1 aliphatic heterocycles. The summed E-state index contributed by atoms with van der Waals surface area (Å²) in [5.41, 5.74) is 1.97. The number of carbonyl (C=O) groups is 3. The van der Waals surface area contributed by atoms with Crippen molar-refractivity contribution in [3.63, 3.8) is 0 Å². The van der Waals surface area contributed by atoms with Crippen LogP contribution in [0, 0.1) is 0 Å². The fraction of sp³-hybridized carbons (Fsp3) is 0.261. The molecule has 1 heterocycles. The van der Waals surface area contributed by atoms with Crippen LogP contribution in [0.15, 0.2) is 59.8 Å². The van der Waals surface area contributed by atoms with E-state index in [9.17, 15) is 14.4 Å². The van der Waals surface area contributed by atoms with Crippen molar-refractivity contribution in [3.05, 3.63) is 65.4 Å². The number of urea groups is 1. The first-order chi connectivity index (χ1) is 15.4. The van der Waals surface area contributed by atoms with Gasteiger partial charge in [-0.2, -0.15) is 0 Å². The zero-order valence-corrected chi connectivity index (χ0v) is 18.1. The molecule has 1 aliphatic rings. The van der Waals surface area contributed by atoms with Crippen molar-refractivity contribution in [1.82, 2.24) is 10.6 Å². The third kappa shape index (κ3) is 5.37. The molecule has 0 radical (unpaired) electrons. The van der Waals surface area contributed by atoms with Gasteiger partial charge in [-0.15, -0.1) is 0 Å². The molecule has 9 nitrogen and oxygen atoms in total. The standard InChI is InChI=1S/C23H25N3O6/c1-4-31-22(28)20-14(2)24-23(29)26-21(20)15-10-11-17(18(12-15)30-3)32-13-19(27)25-16-8-6-5-7-9-16/h5-12,21H,4,13H2,1-3H3,(H,25,27)(H2,24,26,29)/t21-/m0/s1. The van der Waals surface area contributed by atoms with Crippen LogP contribution >= 0.6 is 0 Å². The Balaban J connectivity index is 1.78. The number of ether oxygens (including phenoxy) is 3. The number of amides is 3. The molecule has 0 saturated heterocycles. The second kappa shape index (κ2) is 10.3. The van der Waals surface area contributed by atoms with Crippen LogP contribution in [0.5, 0.6) is 11.5 Å². The number of benzene rings is 2. The van der Waals surface area contributed by atoms with E-state index in [-0.39, 0.29) is 19.1 Å². The van der Waals surface area contributed by atoms with Gasteiger partial charge in [0.15, 0.2) is 18.1 Å². The SMILES string of the molecule is CCOC(=O)C1=C(C)NC(=O)N[C@H]1c1ccc(OCC(=O)Nc2ccccc2)c(OC)c1. The topological polar surface area (TPSA) is 115 Å². The summed E-state index contributed by atoms with van der Waals surface area (Å²) >= 11 is 0. The van der Waals surface area contributed by atoms with Gasteiger partial charge in [-0.05, 0) is 43.7 Å². The van der Waals surface area contributed by atoms with Gasteiger partial charge in [0.2, 0.25) is 0 Å². The number of rotatable bonds is 8. The van der Waals surface area contributed by atoms with Crippen molar-refractivity contribution >= 4 is 23.6 Å². The lowest BCUT2D eigenvalue weighted by atomic mass is 9.95. The van der Waals surface area contributed by atoms with Gasteiger partial charge in [0.25, 0.3) is 5.91 Å². The fourth-order valence-electron chi connectivity index (χ4n) is 3.27. The summed E-state index contributed by atoms with van der Waals surface area (Å²) in [5.74, 6) is -0.155. The van der Waals surface area contributed by atoms with Crippen molar-refractivity contribution in [3.8, 4) is 11.5 Å². The Morgan fingerprint density at radius 1 is 1.09 bits per heavy atom. The van der Waals surface area contributed by atoms with Crippen LogP contribution in [-0.2, 0) is 14.3 Å². The van der Waals surface area contributed by atoms with Crippen molar-refractivity contribution in [2.75, 3.05) is 25.6 Å². The highest BCUT2D eigenvalue weighted by Gasteiger charge is 2.32. The predicted octanol–water partition coefficient (Wildman–Crippen LogP) is 2.90. The van der Waals surface area contributed by atoms with Gasteiger partial charge in [-0.1, -0.05) is 24.3 Å². The largest absolute Gasteiger partial charge is 0.493 e. The molecule has 32 heavy (non-hydrogen) atoms. The molecule has 2 aromatic rings. The van der Waals surface area contributed by atoms with Crippen LogP contribution in [-0.4, -0.2) is 38.2 Å². The third-order valence-electron chi connectivity index (χ3n) is 4.70. The Morgan fingerprint density at radius 2 is 1.84 bits per heavy atom. The molecular formula is C23H25N3O6. The number of hydrogen-bond acceptors (Lipinski definition) is 6. The summed E-state index contributed by atoms with van der Waals surface area (Å²) < 4.78 is 16.2. The monoisotopic (exact) mass is 439 g/mol. The molecule has 0 saturated carbocycles. The minimum absolute atomic E-state index is 0.206. The van der Waals surface area contributed by atoms with Gasteiger partial charge < -0.3 is 30.2 Å². The Labute approximate surface area is 185 Å². The van der Waals surface area contributed by atoms with Crippen LogP contribution in [0.25, 0.3) is 0 Å². The minimum atomic E-state index is -0.730. The summed E-state index contributed by atoms with van der Waals surface area (Å²) in [6, 6.07) is 12.8. The maximum Gasteiger partial charge on any atom is 0.338 e. The van der Waals surface area contributed by atoms with E-state index in [0.29, 0.717) is 34.0 Å². The van der Waals surface area contributed by atoms with Gasteiger partial charge in [-0.3, -0.25) is 4.79 Å². The predicted molar refractivity (Wildman–Crippen MR) is 117 cm³/mol. The Hall–Kier alpha value is -4.01. The lowest BCUT2D eigenvalue weighted by molar-refractivity contribution is -0.139. The van der Waals surface area contributed by atoms with E-state index >= 15 is 0 Å². The summed E-state index contributed by atoms with van der Waals surface area (Å²) in [5, 5.41) is 8.06. The first-order valence-corrected chi connectivity index (χ1v) is 10.0. The maximum absolute atomic E-state index is 12.5. The zero-order valence-electron chi connectivity index (χ0n) is 18.1. The molecule has 1 atom stereocenters. The maximum atomic E-state index is 12.5. The van der Waals surface area contributed by atoms with Gasteiger partial charge >= 0.3 is 12.0 Å². The van der Waals surface area contributed by atoms with Gasteiger partial charge in [0.05, 0.1) is 25.3 Å². The number of hydrogen-bond donors (Lipinski definition) is 3. The number of carbonyl (C=O) groups excluding carboxylic acids is 3. The Morgan fingerprint density at radius 3 is 2.53 bits per heavy atom. The number of methoxy groups -OCH3 is 1. The normalized spacial score (nSPS) is 15.3. The minimum Gasteiger partial charge on any atom is -0.493 e. The van der Waals surface area contributed by atoms with Crippen molar-refractivity contribution in [2.24, 2.45) is 0 Å². The first-order valence-electron chi connectivity index (χ1n) is 10.0. The van der Waals surface area contributed by atoms with Gasteiger partial charge in [0, 0.05) is 11.4 Å². The summed E-state index contributed by atoms with van der Waals surface area (Å²) in [6.45, 7) is 3.33. The molecule has 9 heteroatoms. The van der Waals surface area contributed by atoms with E-state index in [1.54, 1.807) is 44.2 Å². The van der Waals surface area contributed by atoms with Crippen molar-refractivity contribution in [1.29, 1.82) is 0 Å². The third-order valence-corrected chi connectivity index (χ3v) is 4.70. The molecule has 3 amide bonds. The summed E-state index contributed by atoms with van der Waals surface area (Å²) in [6.07, 6.45) is 0. The second-order valence-electron chi connectivity index (χ2n) is 6.90. The molecular weight excluding hydrogens is 414 g/mol. The van der Waals surface area contributed by atoms with Crippen LogP contribution in [0.4, 0.5) is 10.5 Å². The van der Waals surface area contributed by atoms with Crippen molar-refractivity contribution in [2.45, 2.75) is 19.9 Å². The molecule has 0 spiro atoms. The highest BCUT2D eigenvalue weighted by molar-refractivity contribution is 5.95. The lowest BCUT2D eigenvalue weighted by Gasteiger charge is -2.28. The van der Waals surface area contributed by atoms with Crippen LogP contribution in [0.1, 0.15) is 25.5 Å². The van der Waals surface area contributed by atoms with E-state index in [2.05, 4.69) is 16.0 Å². The zero-order chi connectivity index (χ0) is 23.1. The molecule has 0 bridgehead atoms. The van der Waals surface area contributed by atoms with E-state index in [1.165, 1.54) is 7.11 Å². The quantitative estimate of drug-likeness (QED) is 0.545. The molecule has 0 unspecified atom stereocenters. The molecule has 0 aliphatic carbocycles. The molecule has 168 valence electrons. The number of nitrogens with one attached hydrogen (secondary N) is 3. The Kier molecular flexibility index (Phi) is 7.33. The van der Waals surface area contributed by atoms with Crippen LogP contribution in [0.3, 0.4) is 0 Å². The molecule has 3 rings (SSSR count). The Bertz CT molecular complexity index is 1040. The van der Waals surface area contributed by atoms with E-state index in [0.717, 1.165) is 0 Å². The molecule has 0 fully saturated rings. The first kappa shape index (κ1) is 22.7. The highest BCUT2D eigenvalue weighted by atomic mass is 16.5. The van der Waals surface area contributed by atoms with Crippen LogP contribution in [0.2, 0.25) is 0 Å². The van der Waals surface area contributed by atoms with Gasteiger partial charge in [-0.25, -0.2) is 9.59 Å². The molecule has 0 aromatic heterocycles. The number of allylic oxidation sites excluding steroid dienone is 1. The lowest BCUT2D eigenvalue weighted by Crippen LogP contribution is -2.45. The van der Waals surface area contributed by atoms with E-state index in [4.69, 9.17) is 14.2 Å². The van der Waals surface area contributed by atoms with E-state index < -0.39 is 18.0 Å². The molecule has 3 N–H and O–H groups in total. The highest BCUT2D eigenvalue weighted by Crippen LogP contribution is 2.34. The average Bonchev–Trinajstić information content (AvgIpc) is 2.77. The number of esters is 1. The number of para-hydroxylation sites is 1. The fourth-order valence-corrected chi connectivity index (χ4v) is 3.27. The summed E-state index contributed by atoms with van der Waals surface area (Å²) in [4.78, 5) is 36.7. The summed E-state index contributed by atoms with van der Waals surface area (Å²) in [7, 11) is 1.46. The number of anilines is 1. The average molecular weight is 439 g/mol. The molecule has 2 aromatic carbocycles. The van der Waals surface area contributed by atoms with Crippen molar-refractivity contribution < 1.29 is 28.6 Å². The second-order valence-corrected chi connectivity index (χ2v) is 6.90.